The summed E-state index contributed by atoms with van der Waals surface area (Å²) in [6.07, 6.45) is -2.76. The second kappa shape index (κ2) is 7.43. The molecule has 1 heterocycles. The molecule has 0 unspecified atom stereocenters. The molecule has 0 fully saturated rings. The van der Waals surface area contributed by atoms with E-state index >= 15 is 0 Å². The van der Waals surface area contributed by atoms with Crippen LogP contribution in [-0.4, -0.2) is 34.6 Å². The number of aryl methyl sites for hydroxylation is 2. The lowest BCUT2D eigenvalue weighted by Gasteiger charge is -2.24. The van der Waals surface area contributed by atoms with Crippen molar-refractivity contribution in [1.82, 2.24) is 9.47 Å². The minimum atomic E-state index is -4.49. The van der Waals surface area contributed by atoms with Crippen LogP contribution in [0.1, 0.15) is 27.2 Å². The van der Waals surface area contributed by atoms with E-state index in [9.17, 15) is 18.0 Å². The molecule has 1 amide bonds. The molecule has 0 saturated heterocycles. The second-order valence-corrected chi connectivity index (χ2v) is 5.91. The molecule has 2 rings (SSSR count). The largest absolute Gasteiger partial charge is 0.406 e. The number of rotatable bonds is 5. The van der Waals surface area contributed by atoms with Gasteiger partial charge in [-0.2, -0.15) is 18.4 Å². The van der Waals surface area contributed by atoms with E-state index in [1.54, 1.807) is 0 Å². The lowest BCUT2D eigenvalue weighted by atomic mass is 10.1. The first-order valence-corrected chi connectivity index (χ1v) is 7.67. The number of hydrogen-bond donors (Lipinski definition) is 0. The highest BCUT2D eigenvalue weighted by molar-refractivity contribution is 5.93. The Morgan fingerprint density at radius 2 is 1.92 bits per heavy atom. The maximum Gasteiger partial charge on any atom is 0.406 e. The number of amides is 1. The molecule has 0 atom stereocenters. The molecule has 0 radical (unpaired) electrons. The third-order valence-corrected chi connectivity index (χ3v) is 3.80. The van der Waals surface area contributed by atoms with Crippen LogP contribution in [-0.2, 0) is 13.5 Å². The molecule has 0 saturated carbocycles. The van der Waals surface area contributed by atoms with E-state index in [0.717, 1.165) is 16.0 Å². The van der Waals surface area contributed by atoms with E-state index in [0.29, 0.717) is 6.42 Å². The van der Waals surface area contributed by atoms with Crippen molar-refractivity contribution in [2.45, 2.75) is 19.5 Å². The monoisotopic (exact) mass is 349 g/mol. The zero-order chi connectivity index (χ0) is 18.6. The first-order chi connectivity index (χ1) is 11.7. The van der Waals surface area contributed by atoms with Crippen LogP contribution in [0.5, 0.6) is 0 Å². The number of hydrogen-bond acceptors (Lipinski definition) is 2. The van der Waals surface area contributed by atoms with Gasteiger partial charge < -0.3 is 9.47 Å². The number of carbonyl (C=O) groups is 1. The molecule has 0 aliphatic heterocycles. The van der Waals surface area contributed by atoms with Crippen molar-refractivity contribution in [3.05, 3.63) is 58.9 Å². The zero-order valence-electron chi connectivity index (χ0n) is 14.0. The lowest BCUT2D eigenvalue weighted by Crippen LogP contribution is -2.40. The maximum absolute atomic E-state index is 12.9. The summed E-state index contributed by atoms with van der Waals surface area (Å²) in [4.78, 5) is 13.3. The highest BCUT2D eigenvalue weighted by Gasteiger charge is 2.34. The number of nitriles is 1. The summed E-state index contributed by atoms with van der Waals surface area (Å²) in [6, 6.07) is 10.6. The van der Waals surface area contributed by atoms with Gasteiger partial charge in [-0.3, -0.25) is 4.79 Å². The normalized spacial score (nSPS) is 11.2. The van der Waals surface area contributed by atoms with Crippen molar-refractivity contribution < 1.29 is 18.0 Å². The molecule has 1 aromatic carbocycles. The summed E-state index contributed by atoms with van der Waals surface area (Å²) in [5.41, 5.74) is 2.20. The van der Waals surface area contributed by atoms with Gasteiger partial charge >= 0.3 is 6.18 Å². The summed E-state index contributed by atoms with van der Waals surface area (Å²) in [5.74, 6) is -0.742. The van der Waals surface area contributed by atoms with Gasteiger partial charge in [-0.05, 0) is 25.0 Å². The van der Waals surface area contributed by atoms with Gasteiger partial charge in [-0.1, -0.05) is 29.8 Å². The zero-order valence-corrected chi connectivity index (χ0v) is 14.0. The van der Waals surface area contributed by atoms with Crippen molar-refractivity contribution >= 4 is 5.91 Å². The molecule has 25 heavy (non-hydrogen) atoms. The number of halogens is 3. The highest BCUT2D eigenvalue weighted by Crippen LogP contribution is 2.19. The Morgan fingerprint density at radius 3 is 2.44 bits per heavy atom. The molecule has 132 valence electrons. The van der Waals surface area contributed by atoms with E-state index < -0.39 is 18.6 Å². The molecule has 4 nitrogen and oxygen atoms in total. The summed E-state index contributed by atoms with van der Waals surface area (Å²) in [6.45, 7) is 0.532. The van der Waals surface area contributed by atoms with Crippen molar-refractivity contribution in [2.75, 3.05) is 13.1 Å². The first kappa shape index (κ1) is 18.6. The van der Waals surface area contributed by atoms with Gasteiger partial charge in [0.2, 0.25) is 0 Å². The molecule has 1 aromatic heterocycles. The Kier molecular flexibility index (Phi) is 5.52. The van der Waals surface area contributed by atoms with Crippen LogP contribution in [0.2, 0.25) is 0 Å². The topological polar surface area (TPSA) is 49.0 Å². The molecular formula is C18H18F3N3O. The van der Waals surface area contributed by atoms with Gasteiger partial charge in [-0.15, -0.1) is 0 Å². The molecule has 0 aliphatic carbocycles. The van der Waals surface area contributed by atoms with E-state index in [1.807, 2.05) is 37.3 Å². The van der Waals surface area contributed by atoms with Gasteiger partial charge in [0.15, 0.2) is 0 Å². The molecular weight excluding hydrogens is 331 g/mol. The molecule has 0 aliphatic rings. The summed E-state index contributed by atoms with van der Waals surface area (Å²) in [7, 11) is 1.53. The number of alkyl halides is 3. The van der Waals surface area contributed by atoms with Crippen LogP contribution in [0.15, 0.2) is 36.5 Å². The Bertz CT molecular complexity index is 785. The predicted octanol–water partition coefficient (Wildman–Crippen LogP) is 3.45. The average molecular weight is 349 g/mol. The van der Waals surface area contributed by atoms with E-state index in [1.165, 1.54) is 23.9 Å². The number of nitrogens with zero attached hydrogens (tertiary/aromatic N) is 3. The van der Waals surface area contributed by atoms with Crippen LogP contribution in [0.3, 0.4) is 0 Å². The Hall–Kier alpha value is -2.75. The third-order valence-electron chi connectivity index (χ3n) is 3.80. The smallest absolute Gasteiger partial charge is 0.345 e. The Balaban J connectivity index is 2.19. The van der Waals surface area contributed by atoms with Gasteiger partial charge in [0.05, 0.1) is 5.56 Å². The lowest BCUT2D eigenvalue weighted by molar-refractivity contribution is -0.140. The van der Waals surface area contributed by atoms with E-state index in [4.69, 9.17) is 5.26 Å². The fourth-order valence-electron chi connectivity index (χ4n) is 2.49. The van der Waals surface area contributed by atoms with Gasteiger partial charge in [-0.25, -0.2) is 0 Å². The summed E-state index contributed by atoms with van der Waals surface area (Å²) >= 11 is 0. The van der Waals surface area contributed by atoms with Crippen molar-refractivity contribution in [3.8, 4) is 6.07 Å². The van der Waals surface area contributed by atoms with E-state index in [-0.39, 0.29) is 17.8 Å². The minimum Gasteiger partial charge on any atom is -0.345 e. The quantitative estimate of drug-likeness (QED) is 0.830. The highest BCUT2D eigenvalue weighted by atomic mass is 19.4. The third kappa shape index (κ3) is 5.11. The van der Waals surface area contributed by atoms with E-state index in [2.05, 4.69) is 0 Å². The van der Waals surface area contributed by atoms with Crippen LogP contribution in [0, 0.1) is 18.3 Å². The number of carbonyl (C=O) groups excluding carboxylic acids is 1. The van der Waals surface area contributed by atoms with Gasteiger partial charge in [0.25, 0.3) is 5.91 Å². The van der Waals surface area contributed by atoms with Crippen molar-refractivity contribution in [2.24, 2.45) is 7.05 Å². The minimum absolute atomic E-state index is 0.0599. The molecule has 0 spiro atoms. The predicted molar refractivity (Wildman–Crippen MR) is 87.0 cm³/mol. The van der Waals surface area contributed by atoms with Crippen LogP contribution in [0.4, 0.5) is 13.2 Å². The van der Waals surface area contributed by atoms with Crippen LogP contribution >= 0.6 is 0 Å². The molecule has 7 heteroatoms. The summed E-state index contributed by atoms with van der Waals surface area (Å²) in [5, 5.41) is 8.89. The van der Waals surface area contributed by atoms with Gasteiger partial charge in [0.1, 0.15) is 18.3 Å². The summed E-state index contributed by atoms with van der Waals surface area (Å²) < 4.78 is 40.0. The fourth-order valence-corrected chi connectivity index (χ4v) is 2.49. The SMILES string of the molecule is Cc1ccc(CCN(CC(F)(F)F)C(=O)c2cc(C#N)cn2C)cc1. The fraction of sp³-hybridized carbons (Fsp3) is 0.333. The molecule has 0 bridgehead atoms. The number of benzene rings is 1. The van der Waals surface area contributed by atoms with Gasteiger partial charge in [0, 0.05) is 19.8 Å². The molecule has 2 aromatic rings. The van der Waals surface area contributed by atoms with Crippen LogP contribution < -0.4 is 0 Å². The first-order valence-electron chi connectivity index (χ1n) is 7.67. The average Bonchev–Trinajstić information content (AvgIpc) is 2.92. The Morgan fingerprint density at radius 1 is 1.28 bits per heavy atom. The van der Waals surface area contributed by atoms with Crippen molar-refractivity contribution in [3.63, 3.8) is 0 Å². The maximum atomic E-state index is 12.9. The number of aromatic nitrogens is 1. The molecule has 0 N–H and O–H groups in total. The standard InChI is InChI=1S/C18H18F3N3O/c1-13-3-5-14(6-4-13)7-8-24(12-18(19,20)21)17(25)16-9-15(10-22)11-23(16)2/h3-6,9,11H,7-8,12H2,1-2H3. The van der Waals surface area contributed by atoms with Crippen LogP contribution in [0.25, 0.3) is 0 Å². The van der Waals surface area contributed by atoms with Crippen molar-refractivity contribution in [1.29, 1.82) is 5.26 Å². The Labute approximate surface area is 144 Å². The second-order valence-electron chi connectivity index (χ2n) is 5.91.